The molecule has 1 aromatic carbocycles. The molecule has 0 aliphatic heterocycles. The van der Waals surface area contributed by atoms with E-state index in [1.54, 1.807) is 14.2 Å². The number of pyridine rings is 1. The molecule has 2 aromatic heterocycles. The van der Waals surface area contributed by atoms with Gasteiger partial charge in [-0.15, -0.1) is 0 Å². The molecule has 0 saturated carbocycles. The first-order valence-corrected chi connectivity index (χ1v) is 10.8. The van der Waals surface area contributed by atoms with E-state index in [1.165, 1.54) is 36.0 Å². The van der Waals surface area contributed by atoms with Crippen LogP contribution in [0.5, 0.6) is 0 Å². The highest BCUT2D eigenvalue weighted by molar-refractivity contribution is 5.68. The Morgan fingerprint density at radius 2 is 1.73 bits per heavy atom. The van der Waals surface area contributed by atoms with Crippen LogP contribution in [0.2, 0.25) is 0 Å². The minimum Gasteiger partial charge on any atom is -0.398 e. The molecule has 0 bridgehead atoms. The van der Waals surface area contributed by atoms with Crippen LogP contribution in [0.1, 0.15) is 29.7 Å². The number of anilines is 1. The number of methoxy groups -OCH3 is 2. The SMILES string of the molecule is COCCN(CCOC)Cc1c(-c2ccc3c(c2)CCCC3)nc2ccc(N)cn12. The lowest BCUT2D eigenvalue weighted by molar-refractivity contribution is 0.109. The fraction of sp³-hybridized carbons (Fsp3) is 0.458. The second-order valence-electron chi connectivity index (χ2n) is 8.05. The summed E-state index contributed by atoms with van der Waals surface area (Å²) < 4.78 is 12.8. The molecule has 6 nitrogen and oxygen atoms in total. The first kappa shape index (κ1) is 20.8. The highest BCUT2D eigenvalue weighted by Crippen LogP contribution is 2.30. The van der Waals surface area contributed by atoms with Gasteiger partial charge in [0, 0.05) is 51.3 Å². The van der Waals surface area contributed by atoms with Crippen molar-refractivity contribution in [1.29, 1.82) is 0 Å². The standard InChI is InChI=1S/C24H32N4O2/c1-29-13-11-27(12-14-30-2)17-22-24(26-23-10-9-21(25)16-28(22)23)20-8-7-18-5-3-4-6-19(18)15-20/h7-10,15-16H,3-6,11-14,17,25H2,1-2H3. The van der Waals surface area contributed by atoms with Crippen LogP contribution in [0.3, 0.4) is 0 Å². The second kappa shape index (κ2) is 9.60. The second-order valence-corrected chi connectivity index (χ2v) is 8.05. The zero-order chi connectivity index (χ0) is 20.9. The lowest BCUT2D eigenvalue weighted by atomic mass is 9.90. The Hall–Kier alpha value is -2.41. The van der Waals surface area contributed by atoms with Crippen molar-refractivity contribution in [2.75, 3.05) is 46.3 Å². The van der Waals surface area contributed by atoms with Crippen molar-refractivity contribution in [2.24, 2.45) is 0 Å². The maximum atomic E-state index is 6.12. The normalized spacial score (nSPS) is 13.8. The van der Waals surface area contributed by atoms with Crippen LogP contribution in [0.4, 0.5) is 5.69 Å². The van der Waals surface area contributed by atoms with Gasteiger partial charge in [0.2, 0.25) is 0 Å². The summed E-state index contributed by atoms with van der Waals surface area (Å²) in [6, 6.07) is 10.8. The molecular formula is C24H32N4O2. The number of fused-ring (bicyclic) bond motifs is 2. The molecule has 160 valence electrons. The molecule has 6 heteroatoms. The number of hydrogen-bond donors (Lipinski definition) is 1. The lowest BCUT2D eigenvalue weighted by Gasteiger charge is -2.22. The van der Waals surface area contributed by atoms with Crippen LogP contribution >= 0.6 is 0 Å². The molecule has 0 spiro atoms. The monoisotopic (exact) mass is 408 g/mol. The van der Waals surface area contributed by atoms with Gasteiger partial charge in [-0.3, -0.25) is 4.90 Å². The number of nitrogens with zero attached hydrogens (tertiary/aromatic N) is 3. The maximum Gasteiger partial charge on any atom is 0.137 e. The molecule has 0 amide bonds. The van der Waals surface area contributed by atoms with E-state index in [2.05, 4.69) is 27.5 Å². The van der Waals surface area contributed by atoms with E-state index in [9.17, 15) is 0 Å². The van der Waals surface area contributed by atoms with Gasteiger partial charge in [0.25, 0.3) is 0 Å². The predicted molar refractivity (Wildman–Crippen MR) is 121 cm³/mol. The van der Waals surface area contributed by atoms with Crippen molar-refractivity contribution >= 4 is 11.3 Å². The van der Waals surface area contributed by atoms with Gasteiger partial charge >= 0.3 is 0 Å². The van der Waals surface area contributed by atoms with Gasteiger partial charge in [-0.05, 0) is 55.0 Å². The highest BCUT2D eigenvalue weighted by atomic mass is 16.5. The minimum absolute atomic E-state index is 0.677. The molecule has 0 radical (unpaired) electrons. The third-order valence-corrected chi connectivity index (χ3v) is 5.96. The third kappa shape index (κ3) is 4.51. The lowest BCUT2D eigenvalue weighted by Crippen LogP contribution is -2.31. The number of aryl methyl sites for hydroxylation is 2. The number of benzene rings is 1. The average molecular weight is 409 g/mol. The number of nitrogen functional groups attached to an aromatic ring is 1. The summed E-state index contributed by atoms with van der Waals surface area (Å²) in [6.45, 7) is 3.77. The molecule has 0 unspecified atom stereocenters. The van der Waals surface area contributed by atoms with E-state index in [4.69, 9.17) is 20.2 Å². The summed E-state index contributed by atoms with van der Waals surface area (Å²) >= 11 is 0. The van der Waals surface area contributed by atoms with E-state index in [0.29, 0.717) is 13.2 Å². The maximum absolute atomic E-state index is 6.12. The Kier molecular flexibility index (Phi) is 6.67. The largest absolute Gasteiger partial charge is 0.398 e. The van der Waals surface area contributed by atoms with Crippen LogP contribution in [-0.2, 0) is 28.9 Å². The summed E-state index contributed by atoms with van der Waals surface area (Å²) in [7, 11) is 3.48. The zero-order valence-electron chi connectivity index (χ0n) is 18.1. The smallest absolute Gasteiger partial charge is 0.137 e. The number of rotatable bonds is 9. The first-order chi connectivity index (χ1) is 14.7. The predicted octanol–water partition coefficient (Wildman–Crippen LogP) is 3.56. The van der Waals surface area contributed by atoms with Gasteiger partial charge in [0.1, 0.15) is 5.65 Å². The highest BCUT2D eigenvalue weighted by Gasteiger charge is 2.19. The Bertz CT molecular complexity index is 990. The number of ether oxygens (including phenoxy) is 2. The molecule has 2 N–H and O–H groups in total. The van der Waals surface area contributed by atoms with Crippen LogP contribution in [0, 0.1) is 0 Å². The Labute approximate surface area is 178 Å². The molecule has 3 aromatic rings. The van der Waals surface area contributed by atoms with Gasteiger partial charge in [0.15, 0.2) is 0 Å². The van der Waals surface area contributed by atoms with E-state index in [0.717, 1.165) is 48.8 Å². The zero-order valence-corrected chi connectivity index (χ0v) is 18.1. The number of hydrogen-bond acceptors (Lipinski definition) is 5. The van der Waals surface area contributed by atoms with Gasteiger partial charge in [-0.25, -0.2) is 4.98 Å². The number of nitrogens with two attached hydrogens (primary N) is 1. The summed E-state index contributed by atoms with van der Waals surface area (Å²) in [5.41, 5.74) is 14.1. The van der Waals surface area contributed by atoms with Gasteiger partial charge < -0.3 is 19.6 Å². The molecule has 0 fully saturated rings. The van der Waals surface area contributed by atoms with E-state index >= 15 is 0 Å². The van der Waals surface area contributed by atoms with E-state index < -0.39 is 0 Å². The first-order valence-electron chi connectivity index (χ1n) is 10.8. The summed E-state index contributed by atoms with van der Waals surface area (Å²) in [4.78, 5) is 7.35. The summed E-state index contributed by atoms with van der Waals surface area (Å²) in [5, 5.41) is 0. The van der Waals surface area contributed by atoms with Crippen LogP contribution in [0.25, 0.3) is 16.9 Å². The quantitative estimate of drug-likeness (QED) is 0.587. The van der Waals surface area contributed by atoms with E-state index in [-0.39, 0.29) is 0 Å². The number of aromatic nitrogens is 2. The van der Waals surface area contributed by atoms with Crippen LogP contribution in [-0.4, -0.2) is 54.8 Å². The Morgan fingerprint density at radius 3 is 2.47 bits per heavy atom. The van der Waals surface area contributed by atoms with E-state index in [1.807, 2.05) is 18.3 Å². The van der Waals surface area contributed by atoms with Crippen molar-refractivity contribution < 1.29 is 9.47 Å². The Balaban J connectivity index is 1.75. The third-order valence-electron chi connectivity index (χ3n) is 5.96. The van der Waals surface area contributed by atoms with Gasteiger partial charge in [-0.1, -0.05) is 12.1 Å². The molecular weight excluding hydrogens is 376 g/mol. The molecule has 0 saturated heterocycles. The molecule has 1 aliphatic carbocycles. The van der Waals surface area contributed by atoms with Crippen molar-refractivity contribution in [3.63, 3.8) is 0 Å². The van der Waals surface area contributed by atoms with Crippen molar-refractivity contribution in [2.45, 2.75) is 32.2 Å². The van der Waals surface area contributed by atoms with Crippen molar-refractivity contribution in [3.05, 3.63) is 53.3 Å². The molecule has 0 atom stereocenters. The molecule has 4 rings (SSSR count). The molecule has 30 heavy (non-hydrogen) atoms. The fourth-order valence-corrected chi connectivity index (χ4v) is 4.30. The van der Waals surface area contributed by atoms with Gasteiger partial charge in [0.05, 0.1) is 24.6 Å². The molecule has 2 heterocycles. The van der Waals surface area contributed by atoms with Crippen molar-refractivity contribution in [3.8, 4) is 11.3 Å². The minimum atomic E-state index is 0.677. The average Bonchev–Trinajstić information content (AvgIpc) is 3.12. The number of imidazole rings is 1. The van der Waals surface area contributed by atoms with Crippen LogP contribution in [0.15, 0.2) is 36.5 Å². The summed E-state index contributed by atoms with van der Waals surface area (Å²) in [6.07, 6.45) is 6.88. The summed E-state index contributed by atoms with van der Waals surface area (Å²) in [5.74, 6) is 0. The van der Waals surface area contributed by atoms with Crippen molar-refractivity contribution in [1.82, 2.24) is 14.3 Å². The fourth-order valence-electron chi connectivity index (χ4n) is 4.30. The topological polar surface area (TPSA) is 65.0 Å². The molecule has 1 aliphatic rings. The Morgan fingerprint density at radius 1 is 1.00 bits per heavy atom. The van der Waals surface area contributed by atoms with Gasteiger partial charge in [-0.2, -0.15) is 0 Å². The van der Waals surface area contributed by atoms with Crippen LogP contribution < -0.4 is 5.73 Å².